The lowest BCUT2D eigenvalue weighted by Gasteiger charge is -2.41. The molecular formula is C17H29ClN2O2S. The van der Waals surface area contributed by atoms with Crippen molar-refractivity contribution in [3.05, 3.63) is 29.8 Å². The highest BCUT2D eigenvalue weighted by Gasteiger charge is 2.38. The summed E-state index contributed by atoms with van der Waals surface area (Å²) in [5, 5.41) is 0. The number of hydrogen-bond donors (Lipinski definition) is 1. The van der Waals surface area contributed by atoms with E-state index in [0.717, 1.165) is 6.42 Å². The molecule has 0 amide bonds. The zero-order valence-corrected chi connectivity index (χ0v) is 16.1. The fraction of sp³-hybridized carbons (Fsp3) is 0.647. The largest absolute Gasteiger partial charge is 0.327 e. The van der Waals surface area contributed by atoms with Crippen molar-refractivity contribution >= 4 is 22.4 Å². The molecule has 0 radical (unpaired) electrons. The van der Waals surface area contributed by atoms with Gasteiger partial charge in [0.15, 0.2) is 0 Å². The third kappa shape index (κ3) is 4.69. The topological polar surface area (TPSA) is 63.4 Å². The first-order valence-electron chi connectivity index (χ1n) is 7.97. The first-order chi connectivity index (χ1) is 10.1. The Labute approximate surface area is 146 Å². The normalized spacial score (nSPS) is 21.9. The fourth-order valence-electron chi connectivity index (χ4n) is 2.95. The summed E-state index contributed by atoms with van der Waals surface area (Å²) in [6.07, 6.45) is 1.67. The van der Waals surface area contributed by atoms with Gasteiger partial charge in [0.25, 0.3) is 0 Å². The molecule has 23 heavy (non-hydrogen) atoms. The third-order valence-electron chi connectivity index (χ3n) is 4.48. The van der Waals surface area contributed by atoms with Crippen LogP contribution in [0.2, 0.25) is 0 Å². The van der Waals surface area contributed by atoms with E-state index >= 15 is 0 Å². The van der Waals surface area contributed by atoms with Crippen LogP contribution in [-0.2, 0) is 16.4 Å². The van der Waals surface area contributed by atoms with Crippen molar-refractivity contribution in [2.45, 2.75) is 51.5 Å². The number of halogens is 1. The molecule has 0 saturated carbocycles. The Morgan fingerprint density at radius 2 is 1.83 bits per heavy atom. The Morgan fingerprint density at radius 3 is 2.30 bits per heavy atom. The van der Waals surface area contributed by atoms with E-state index in [1.54, 1.807) is 16.4 Å². The van der Waals surface area contributed by atoms with Crippen molar-refractivity contribution in [3.8, 4) is 0 Å². The number of sulfonamides is 1. The number of hydrogen-bond acceptors (Lipinski definition) is 3. The first kappa shape index (κ1) is 20.4. The second-order valence-electron chi connectivity index (χ2n) is 7.46. The van der Waals surface area contributed by atoms with Crippen LogP contribution in [0.15, 0.2) is 29.2 Å². The molecule has 1 aliphatic rings. The van der Waals surface area contributed by atoms with E-state index in [1.165, 1.54) is 5.56 Å². The monoisotopic (exact) mass is 360 g/mol. The van der Waals surface area contributed by atoms with Crippen molar-refractivity contribution in [3.63, 3.8) is 0 Å². The van der Waals surface area contributed by atoms with Gasteiger partial charge in [-0.2, -0.15) is 4.31 Å². The number of nitrogens with zero attached hydrogens (tertiary/aromatic N) is 1. The van der Waals surface area contributed by atoms with Gasteiger partial charge in [-0.25, -0.2) is 8.42 Å². The van der Waals surface area contributed by atoms with Crippen LogP contribution in [0.3, 0.4) is 0 Å². The van der Waals surface area contributed by atoms with Crippen molar-refractivity contribution in [1.82, 2.24) is 4.31 Å². The third-order valence-corrected chi connectivity index (χ3v) is 6.34. The summed E-state index contributed by atoms with van der Waals surface area (Å²) in [4.78, 5) is 0.381. The van der Waals surface area contributed by atoms with Crippen LogP contribution in [0.5, 0.6) is 0 Å². The van der Waals surface area contributed by atoms with Crippen LogP contribution in [0.4, 0.5) is 0 Å². The molecule has 0 aromatic heterocycles. The molecular weight excluding hydrogens is 332 g/mol. The van der Waals surface area contributed by atoms with E-state index in [0.29, 0.717) is 30.3 Å². The molecule has 1 aliphatic heterocycles. The lowest BCUT2D eigenvalue weighted by Crippen LogP contribution is -2.53. The summed E-state index contributed by atoms with van der Waals surface area (Å²) < 4.78 is 27.2. The average Bonchev–Trinajstić information content (AvgIpc) is 2.41. The van der Waals surface area contributed by atoms with Gasteiger partial charge in [0.1, 0.15) is 0 Å². The molecule has 1 saturated heterocycles. The Bertz CT molecular complexity index is 612. The van der Waals surface area contributed by atoms with Gasteiger partial charge in [-0.1, -0.05) is 39.8 Å². The molecule has 1 fully saturated rings. The lowest BCUT2D eigenvalue weighted by atomic mass is 9.81. The minimum Gasteiger partial charge on any atom is -0.327 e. The first-order valence-corrected chi connectivity index (χ1v) is 9.41. The standard InChI is InChI=1S/C17H28N2O2S.ClH/c1-13(2)11-14-5-7-15(8-6-14)22(20,21)19-10-9-16(18)17(3,4)12-19;/h5-8,13,16H,9-12,18H2,1-4H3;1H. The zero-order chi connectivity index (χ0) is 16.5. The number of rotatable bonds is 4. The maximum absolute atomic E-state index is 12.8. The van der Waals surface area contributed by atoms with E-state index in [4.69, 9.17) is 5.73 Å². The molecule has 4 nitrogen and oxygen atoms in total. The minimum atomic E-state index is -3.42. The minimum absolute atomic E-state index is 0. The molecule has 1 aromatic carbocycles. The molecule has 0 aliphatic carbocycles. The maximum atomic E-state index is 12.8. The average molecular weight is 361 g/mol. The molecule has 132 valence electrons. The van der Waals surface area contributed by atoms with Crippen molar-refractivity contribution in [2.24, 2.45) is 17.1 Å². The summed E-state index contributed by atoms with van der Waals surface area (Å²) in [6, 6.07) is 7.36. The van der Waals surface area contributed by atoms with Gasteiger partial charge in [-0.05, 0) is 41.9 Å². The predicted octanol–water partition coefficient (Wildman–Crippen LogP) is 3.05. The van der Waals surface area contributed by atoms with Crippen molar-refractivity contribution in [1.29, 1.82) is 0 Å². The van der Waals surface area contributed by atoms with Gasteiger partial charge >= 0.3 is 0 Å². The summed E-state index contributed by atoms with van der Waals surface area (Å²) in [5.41, 5.74) is 7.09. The predicted molar refractivity (Wildman–Crippen MR) is 97.4 cm³/mol. The van der Waals surface area contributed by atoms with Gasteiger partial charge in [-0.15, -0.1) is 12.4 Å². The molecule has 1 heterocycles. The van der Waals surface area contributed by atoms with E-state index in [-0.39, 0.29) is 23.9 Å². The number of nitrogens with two attached hydrogens (primary N) is 1. The molecule has 1 aromatic rings. The molecule has 1 unspecified atom stereocenters. The fourth-order valence-corrected chi connectivity index (χ4v) is 4.57. The Hall–Kier alpha value is -0.620. The van der Waals surface area contributed by atoms with Crippen LogP contribution >= 0.6 is 12.4 Å². The molecule has 2 rings (SSSR count). The van der Waals surface area contributed by atoms with E-state index < -0.39 is 10.0 Å². The molecule has 2 N–H and O–H groups in total. The van der Waals surface area contributed by atoms with Crippen molar-refractivity contribution < 1.29 is 8.42 Å². The van der Waals surface area contributed by atoms with Crippen LogP contribution < -0.4 is 5.73 Å². The van der Waals surface area contributed by atoms with Gasteiger partial charge in [0.2, 0.25) is 10.0 Å². The zero-order valence-electron chi connectivity index (χ0n) is 14.5. The molecule has 6 heteroatoms. The van der Waals surface area contributed by atoms with E-state index in [9.17, 15) is 8.42 Å². The Morgan fingerprint density at radius 1 is 1.26 bits per heavy atom. The molecule has 0 spiro atoms. The maximum Gasteiger partial charge on any atom is 0.243 e. The second-order valence-corrected chi connectivity index (χ2v) is 9.40. The lowest BCUT2D eigenvalue weighted by molar-refractivity contribution is 0.155. The summed E-state index contributed by atoms with van der Waals surface area (Å²) >= 11 is 0. The summed E-state index contributed by atoms with van der Waals surface area (Å²) in [7, 11) is -3.42. The highest BCUT2D eigenvalue weighted by molar-refractivity contribution is 7.89. The Balaban J connectivity index is 0.00000264. The highest BCUT2D eigenvalue weighted by Crippen LogP contribution is 2.31. The summed E-state index contributed by atoms with van der Waals surface area (Å²) in [5.74, 6) is 0.562. The van der Waals surface area contributed by atoms with Crippen molar-refractivity contribution in [2.75, 3.05) is 13.1 Å². The molecule has 1 atom stereocenters. The second kappa shape index (κ2) is 7.51. The number of piperidine rings is 1. The van der Waals surface area contributed by atoms with Gasteiger partial charge < -0.3 is 5.73 Å². The van der Waals surface area contributed by atoms with Crippen LogP contribution in [0.1, 0.15) is 39.7 Å². The molecule has 0 bridgehead atoms. The van der Waals surface area contributed by atoms with Crippen LogP contribution in [0.25, 0.3) is 0 Å². The number of benzene rings is 1. The highest BCUT2D eigenvalue weighted by atomic mass is 35.5. The Kier molecular flexibility index (Phi) is 6.67. The quantitative estimate of drug-likeness (QED) is 0.897. The van der Waals surface area contributed by atoms with Gasteiger partial charge in [0.05, 0.1) is 4.90 Å². The van der Waals surface area contributed by atoms with Gasteiger partial charge in [0, 0.05) is 19.1 Å². The van der Waals surface area contributed by atoms with Crippen LogP contribution in [-0.4, -0.2) is 31.9 Å². The SMILES string of the molecule is CC(C)Cc1ccc(S(=O)(=O)N2CCC(N)C(C)(C)C2)cc1.Cl. The van der Waals surface area contributed by atoms with Gasteiger partial charge in [-0.3, -0.25) is 0 Å². The smallest absolute Gasteiger partial charge is 0.243 e. The van der Waals surface area contributed by atoms with Crippen LogP contribution in [0, 0.1) is 11.3 Å². The van der Waals surface area contributed by atoms with E-state index in [1.807, 2.05) is 26.0 Å². The summed E-state index contributed by atoms with van der Waals surface area (Å²) in [6.45, 7) is 9.36. The van der Waals surface area contributed by atoms with E-state index in [2.05, 4.69) is 13.8 Å².